The number of amides is 1. The van der Waals surface area contributed by atoms with Crippen LogP contribution in [0, 0.1) is 0 Å². The third-order valence-corrected chi connectivity index (χ3v) is 4.42. The van der Waals surface area contributed by atoms with Crippen LogP contribution in [0.15, 0.2) is 24.4 Å². The van der Waals surface area contributed by atoms with Crippen molar-refractivity contribution in [3.8, 4) is 0 Å². The molecule has 1 saturated heterocycles. The smallest absolute Gasteiger partial charge is 0.407 e. The Hall–Kier alpha value is -1.32. The normalized spacial score (nSPS) is 17.5. The summed E-state index contributed by atoms with van der Waals surface area (Å²) in [6.45, 7) is 1.44. The van der Waals surface area contributed by atoms with Crippen molar-refractivity contribution >= 4 is 17.0 Å². The van der Waals surface area contributed by atoms with Crippen molar-refractivity contribution in [2.45, 2.75) is 18.9 Å². The second kappa shape index (κ2) is 7.71. The number of carbonyl (C=O) groups is 1. The maximum Gasteiger partial charge on any atom is 0.407 e. The van der Waals surface area contributed by atoms with E-state index in [2.05, 4.69) is 28.5 Å². The van der Waals surface area contributed by atoms with Crippen LogP contribution in [0.1, 0.15) is 11.1 Å². The zero-order valence-electron chi connectivity index (χ0n) is 14.0. The molecule has 3 N–H and O–H groups in total. The van der Waals surface area contributed by atoms with E-state index in [-0.39, 0.29) is 42.8 Å². The summed E-state index contributed by atoms with van der Waals surface area (Å²) in [5.41, 5.74) is 3.56. The average Bonchev–Trinajstić information content (AvgIpc) is 3.11. The van der Waals surface area contributed by atoms with E-state index < -0.39 is 0 Å². The number of alkyl carbamates (subject to hydrolysis) is 1. The number of aliphatic hydroxyl groups excluding tert-OH is 1. The molecule has 3 rings (SSSR count). The highest BCUT2D eigenvalue weighted by Gasteiger charge is 2.22. The van der Waals surface area contributed by atoms with E-state index in [1.165, 1.54) is 16.5 Å². The summed E-state index contributed by atoms with van der Waals surface area (Å²) in [5, 5.41) is 13.4. The number of nitrogens with zero attached hydrogens (tertiary/aromatic N) is 1. The highest BCUT2D eigenvalue weighted by molar-refractivity contribution is 5.84. The van der Waals surface area contributed by atoms with Crippen LogP contribution in [0.4, 0.5) is 4.79 Å². The number of benzene rings is 1. The van der Waals surface area contributed by atoms with Gasteiger partial charge in [0.2, 0.25) is 0 Å². The Morgan fingerprint density at radius 1 is 1.38 bits per heavy atom. The van der Waals surface area contributed by atoms with Gasteiger partial charge in [0, 0.05) is 23.5 Å². The number of quaternary nitrogens is 1. The largest absolute Gasteiger partial charge is 1.00 e. The summed E-state index contributed by atoms with van der Waals surface area (Å²) < 4.78 is 5.52. The minimum atomic E-state index is -0.331. The van der Waals surface area contributed by atoms with Gasteiger partial charge in [0.15, 0.2) is 6.73 Å². The molecule has 0 spiro atoms. The van der Waals surface area contributed by atoms with Crippen molar-refractivity contribution in [2.24, 2.45) is 0 Å². The van der Waals surface area contributed by atoms with Crippen LogP contribution in [-0.4, -0.2) is 60.7 Å². The quantitative estimate of drug-likeness (QED) is 0.285. The molecule has 0 unspecified atom stereocenters. The van der Waals surface area contributed by atoms with Crippen LogP contribution in [0.2, 0.25) is 0 Å². The van der Waals surface area contributed by atoms with Crippen molar-refractivity contribution in [3.63, 3.8) is 0 Å². The molecule has 0 radical (unpaired) electrons. The lowest BCUT2D eigenvalue weighted by molar-refractivity contribution is -0.908. The molecule has 2 heterocycles. The third-order valence-electron chi connectivity index (χ3n) is 4.42. The highest BCUT2D eigenvalue weighted by Crippen LogP contribution is 2.22. The molecule has 0 saturated carbocycles. The van der Waals surface area contributed by atoms with Gasteiger partial charge in [-0.05, 0) is 29.7 Å². The predicted molar refractivity (Wildman–Crippen MR) is 88.0 cm³/mol. The monoisotopic (exact) mass is 445 g/mol. The number of halogens is 1. The highest BCUT2D eigenvalue weighted by atomic mass is 127. The summed E-state index contributed by atoms with van der Waals surface area (Å²) in [5.74, 6) is 0. The van der Waals surface area contributed by atoms with Gasteiger partial charge in [-0.25, -0.2) is 4.79 Å². The molecular formula is C17H24IN3O3. The number of hydrogen-bond donors (Lipinski definition) is 3. The van der Waals surface area contributed by atoms with E-state index in [4.69, 9.17) is 4.74 Å². The molecule has 1 aromatic heterocycles. The molecule has 0 aliphatic carbocycles. The van der Waals surface area contributed by atoms with Gasteiger partial charge in [0.1, 0.15) is 6.61 Å². The van der Waals surface area contributed by atoms with E-state index in [9.17, 15) is 9.90 Å². The van der Waals surface area contributed by atoms with Crippen LogP contribution in [0.5, 0.6) is 0 Å². The van der Waals surface area contributed by atoms with Crippen LogP contribution < -0.4 is 29.3 Å². The van der Waals surface area contributed by atoms with Crippen LogP contribution in [0.3, 0.4) is 0 Å². The Morgan fingerprint density at radius 2 is 2.17 bits per heavy atom. The van der Waals surface area contributed by atoms with Gasteiger partial charge in [-0.2, -0.15) is 0 Å². The topological polar surface area (TPSA) is 74.3 Å². The summed E-state index contributed by atoms with van der Waals surface area (Å²) >= 11 is 0. The Bertz CT molecular complexity index is 714. The van der Waals surface area contributed by atoms with Gasteiger partial charge in [-0.3, -0.25) is 0 Å². The lowest BCUT2D eigenvalue weighted by Gasteiger charge is -2.26. The Labute approximate surface area is 158 Å². The number of ether oxygens (including phenoxy) is 1. The van der Waals surface area contributed by atoms with E-state index in [1.807, 2.05) is 20.3 Å². The maximum atomic E-state index is 11.1. The molecule has 1 aliphatic rings. The second-order valence-corrected chi connectivity index (χ2v) is 6.89. The van der Waals surface area contributed by atoms with Crippen molar-refractivity contribution in [2.75, 3.05) is 34.0 Å². The number of fused-ring (bicyclic) bond motifs is 1. The fourth-order valence-corrected chi connectivity index (χ4v) is 2.87. The Morgan fingerprint density at radius 3 is 2.83 bits per heavy atom. The van der Waals surface area contributed by atoms with Gasteiger partial charge in [-0.1, -0.05) is 6.07 Å². The molecular weight excluding hydrogens is 421 g/mol. The molecule has 1 aliphatic heterocycles. The van der Waals surface area contributed by atoms with Gasteiger partial charge >= 0.3 is 6.09 Å². The fourth-order valence-electron chi connectivity index (χ4n) is 2.87. The fraction of sp³-hybridized carbons (Fsp3) is 0.471. The van der Waals surface area contributed by atoms with E-state index in [1.54, 1.807) is 0 Å². The summed E-state index contributed by atoms with van der Waals surface area (Å²) in [6.07, 6.45) is 3.39. The first-order valence-electron chi connectivity index (χ1n) is 7.92. The van der Waals surface area contributed by atoms with Gasteiger partial charge in [-0.15, -0.1) is 0 Å². The van der Waals surface area contributed by atoms with E-state index in [0.29, 0.717) is 11.1 Å². The number of cyclic esters (lactones) is 1. The lowest BCUT2D eigenvalue weighted by atomic mass is 10.0. The van der Waals surface area contributed by atoms with Crippen molar-refractivity contribution in [1.82, 2.24) is 10.3 Å². The number of carbonyl (C=O) groups excluding carboxylic acids is 1. The van der Waals surface area contributed by atoms with E-state index >= 15 is 0 Å². The summed E-state index contributed by atoms with van der Waals surface area (Å²) in [6, 6.07) is 6.40. The number of aliphatic hydroxyl groups is 1. The number of hydrogen-bond acceptors (Lipinski definition) is 3. The average molecular weight is 445 g/mol. The Kier molecular flexibility index (Phi) is 6.11. The Balaban J connectivity index is 0.00000208. The number of nitrogens with one attached hydrogen (secondary N) is 2. The first-order valence-corrected chi connectivity index (χ1v) is 7.92. The first kappa shape index (κ1) is 19.0. The van der Waals surface area contributed by atoms with E-state index in [0.717, 1.165) is 24.9 Å². The number of H-pyrrole nitrogens is 1. The van der Waals surface area contributed by atoms with Crippen molar-refractivity contribution in [3.05, 3.63) is 35.5 Å². The molecule has 1 aromatic carbocycles. The molecule has 1 atom stereocenters. The van der Waals surface area contributed by atoms with Gasteiger partial charge < -0.3 is 48.6 Å². The zero-order chi connectivity index (χ0) is 16.4. The summed E-state index contributed by atoms with van der Waals surface area (Å²) in [4.78, 5) is 14.4. The number of aromatic nitrogens is 1. The van der Waals surface area contributed by atoms with Crippen LogP contribution >= 0.6 is 0 Å². The third kappa shape index (κ3) is 4.40. The number of rotatable bonds is 6. The van der Waals surface area contributed by atoms with Crippen molar-refractivity contribution in [1.29, 1.82) is 0 Å². The molecule has 7 heteroatoms. The van der Waals surface area contributed by atoms with Gasteiger partial charge in [0.25, 0.3) is 0 Å². The minimum absolute atomic E-state index is 0. The maximum absolute atomic E-state index is 11.1. The van der Waals surface area contributed by atoms with Crippen LogP contribution in [0.25, 0.3) is 10.9 Å². The first-order chi connectivity index (χ1) is 11.0. The molecule has 24 heavy (non-hydrogen) atoms. The van der Waals surface area contributed by atoms with Gasteiger partial charge in [0.05, 0.1) is 26.7 Å². The molecule has 6 nitrogen and oxygen atoms in total. The molecule has 0 bridgehead atoms. The molecule has 132 valence electrons. The molecule has 2 aromatic rings. The predicted octanol–water partition coefficient (Wildman–Crippen LogP) is -1.61. The standard InChI is InChI=1S/C17H23N3O3.HI/c1-20(2,11-21)6-5-13-9-18-16-4-3-12(8-15(13)16)7-14-10-23-17(22)19-14;/h3-4,8-9,14,18,21H,5-7,10-11H2,1-2H3;1H/t14-;/m0./s1. The zero-order valence-corrected chi connectivity index (χ0v) is 16.2. The minimum Gasteiger partial charge on any atom is -1.00 e. The molecule has 1 fully saturated rings. The number of likely N-dealkylation sites (N-methyl/N-ethyl adjacent to an activating group) is 1. The lowest BCUT2D eigenvalue weighted by Crippen LogP contribution is -3.00. The second-order valence-electron chi connectivity index (χ2n) is 6.89. The SMILES string of the molecule is C[N+](C)(CO)CCc1c[nH]c2ccc(C[C@H]3COC(=O)N3)cc12.[I-]. The van der Waals surface area contributed by atoms with Crippen LogP contribution in [-0.2, 0) is 17.6 Å². The number of aromatic amines is 1. The summed E-state index contributed by atoms with van der Waals surface area (Å²) in [7, 11) is 4.03. The molecule has 1 amide bonds. The van der Waals surface area contributed by atoms with Crippen molar-refractivity contribution < 1.29 is 43.1 Å².